The van der Waals surface area contributed by atoms with E-state index in [-0.39, 0.29) is 11.6 Å². The lowest BCUT2D eigenvalue weighted by Gasteiger charge is -2.39. The van der Waals surface area contributed by atoms with Crippen molar-refractivity contribution < 1.29 is 14.5 Å². The fraction of sp³-hybridized carbons (Fsp3) is 0.556. The van der Waals surface area contributed by atoms with Crippen molar-refractivity contribution in [1.82, 2.24) is 9.80 Å². The quantitative estimate of drug-likeness (QED) is 0.465. The summed E-state index contributed by atoms with van der Waals surface area (Å²) in [7, 11) is 3.88. The number of nitro benzene ring substituents is 1. The highest BCUT2D eigenvalue weighted by Gasteiger charge is 2.52. The van der Waals surface area contributed by atoms with E-state index in [9.17, 15) is 19.7 Å². The van der Waals surface area contributed by atoms with Gasteiger partial charge >= 0.3 is 0 Å². The lowest BCUT2D eigenvalue weighted by atomic mass is 9.72. The highest BCUT2D eigenvalue weighted by molar-refractivity contribution is 6.13. The first kappa shape index (κ1) is 17.5. The average Bonchev–Trinajstić information content (AvgIpc) is 3.06. The van der Waals surface area contributed by atoms with Crippen molar-refractivity contribution in [3.8, 4) is 0 Å². The zero-order valence-electron chi connectivity index (χ0n) is 14.7. The number of nitro groups is 1. The molecular weight excluding hydrogens is 322 g/mol. The fourth-order valence-electron chi connectivity index (χ4n) is 4.06. The molecule has 0 radical (unpaired) electrons. The summed E-state index contributed by atoms with van der Waals surface area (Å²) in [4.78, 5) is 40.0. The van der Waals surface area contributed by atoms with Gasteiger partial charge in [-0.1, -0.05) is 18.9 Å². The molecule has 2 amide bonds. The Bertz CT molecular complexity index is 723. The van der Waals surface area contributed by atoms with Gasteiger partial charge in [0.25, 0.3) is 11.6 Å². The van der Waals surface area contributed by atoms with Crippen LogP contribution in [0.1, 0.15) is 48.0 Å². The molecule has 0 atom stereocenters. The molecule has 1 aromatic rings. The summed E-state index contributed by atoms with van der Waals surface area (Å²) >= 11 is 0. The van der Waals surface area contributed by atoms with Crippen molar-refractivity contribution >= 4 is 17.5 Å². The summed E-state index contributed by atoms with van der Waals surface area (Å²) in [5, 5.41) is 11.1. The van der Waals surface area contributed by atoms with Crippen LogP contribution in [-0.4, -0.2) is 53.7 Å². The summed E-state index contributed by atoms with van der Waals surface area (Å²) in [6, 6.07) is 4.36. The molecule has 1 aliphatic heterocycles. The van der Waals surface area contributed by atoms with Gasteiger partial charge in [-0.3, -0.25) is 24.6 Å². The summed E-state index contributed by atoms with van der Waals surface area (Å²) in [5.41, 5.74) is 0.203. The maximum atomic E-state index is 13.2. The average molecular weight is 345 g/mol. The van der Waals surface area contributed by atoms with Crippen molar-refractivity contribution in [2.75, 3.05) is 27.2 Å². The number of benzene rings is 1. The number of imide groups is 1. The van der Waals surface area contributed by atoms with Gasteiger partial charge in [0.15, 0.2) is 0 Å². The van der Waals surface area contributed by atoms with E-state index in [1.165, 1.54) is 17.0 Å². The lowest BCUT2D eigenvalue weighted by molar-refractivity contribution is -0.384. The molecule has 7 nitrogen and oxygen atoms in total. The van der Waals surface area contributed by atoms with Crippen LogP contribution in [0.25, 0.3) is 0 Å². The molecule has 1 spiro atoms. The van der Waals surface area contributed by atoms with Crippen LogP contribution >= 0.6 is 0 Å². The van der Waals surface area contributed by atoms with E-state index in [1.807, 2.05) is 19.0 Å². The van der Waals surface area contributed by atoms with Gasteiger partial charge in [0, 0.05) is 18.7 Å². The van der Waals surface area contributed by atoms with Gasteiger partial charge in [-0.25, -0.2) is 0 Å². The molecule has 1 aromatic carbocycles. The second-order valence-electron chi connectivity index (χ2n) is 7.19. The van der Waals surface area contributed by atoms with Crippen LogP contribution in [0.15, 0.2) is 18.2 Å². The third-order valence-corrected chi connectivity index (χ3v) is 5.30. The Morgan fingerprint density at radius 2 is 1.92 bits per heavy atom. The van der Waals surface area contributed by atoms with E-state index in [4.69, 9.17) is 0 Å². The Kier molecular flexibility index (Phi) is 4.60. The lowest BCUT2D eigenvalue weighted by Crippen LogP contribution is -2.53. The van der Waals surface area contributed by atoms with Gasteiger partial charge < -0.3 is 4.90 Å². The highest BCUT2D eigenvalue weighted by atomic mass is 16.6. The van der Waals surface area contributed by atoms with Crippen molar-refractivity contribution in [1.29, 1.82) is 0 Å². The molecular formula is C18H23N3O4. The minimum atomic E-state index is -0.684. The minimum absolute atomic E-state index is 0.108. The first-order chi connectivity index (χ1) is 11.9. The van der Waals surface area contributed by atoms with Gasteiger partial charge in [0.05, 0.1) is 15.9 Å². The molecule has 7 heteroatoms. The van der Waals surface area contributed by atoms with Crippen LogP contribution in [-0.2, 0) is 10.2 Å². The first-order valence-corrected chi connectivity index (χ1v) is 8.67. The number of fused-ring (bicyclic) bond motifs is 2. The van der Waals surface area contributed by atoms with E-state index in [1.54, 1.807) is 6.07 Å². The standard InChI is InChI=1S/C18H23N3O4/c1-19(2)10-5-11-20-16(22)14-12-13(21(24)25)6-7-15(14)18(17(20)23)8-3-4-9-18/h6-7,12H,3-5,8-11H2,1-2H3. The number of carbonyl (C=O) groups is 2. The van der Waals surface area contributed by atoms with Crippen molar-refractivity contribution in [2.45, 2.75) is 37.5 Å². The maximum absolute atomic E-state index is 13.2. The highest BCUT2D eigenvalue weighted by Crippen LogP contribution is 2.47. The maximum Gasteiger partial charge on any atom is 0.270 e. The van der Waals surface area contributed by atoms with Crippen LogP contribution in [0, 0.1) is 10.1 Å². The van der Waals surface area contributed by atoms with Crippen molar-refractivity contribution in [3.63, 3.8) is 0 Å². The van der Waals surface area contributed by atoms with E-state index in [0.29, 0.717) is 36.9 Å². The van der Waals surface area contributed by atoms with Gasteiger partial charge in [0.2, 0.25) is 5.91 Å². The molecule has 0 N–H and O–H groups in total. The van der Waals surface area contributed by atoms with E-state index >= 15 is 0 Å². The summed E-state index contributed by atoms with van der Waals surface area (Å²) in [6.45, 7) is 1.12. The normalized spacial score (nSPS) is 18.9. The van der Waals surface area contributed by atoms with Crippen LogP contribution in [0.3, 0.4) is 0 Å². The molecule has 0 saturated heterocycles. The molecule has 0 bridgehead atoms. The third kappa shape index (κ3) is 2.93. The minimum Gasteiger partial charge on any atom is -0.309 e. The summed E-state index contributed by atoms with van der Waals surface area (Å²) in [5.74, 6) is -0.532. The molecule has 25 heavy (non-hydrogen) atoms. The fourth-order valence-corrected chi connectivity index (χ4v) is 4.06. The van der Waals surface area contributed by atoms with Crippen molar-refractivity contribution in [2.24, 2.45) is 0 Å². The van der Waals surface area contributed by atoms with Gasteiger partial charge in [-0.2, -0.15) is 0 Å². The molecule has 1 fully saturated rings. The number of nitrogens with zero attached hydrogens (tertiary/aromatic N) is 3. The number of hydrogen-bond donors (Lipinski definition) is 0. The second-order valence-corrected chi connectivity index (χ2v) is 7.19. The number of amides is 2. The predicted octanol–water partition coefficient (Wildman–Crippen LogP) is 2.34. The van der Waals surface area contributed by atoms with Crippen LogP contribution < -0.4 is 0 Å². The smallest absolute Gasteiger partial charge is 0.270 e. The molecule has 1 saturated carbocycles. The Morgan fingerprint density at radius 3 is 2.52 bits per heavy atom. The second kappa shape index (κ2) is 6.55. The van der Waals surface area contributed by atoms with Crippen LogP contribution in [0.4, 0.5) is 5.69 Å². The molecule has 0 unspecified atom stereocenters. The molecule has 0 aromatic heterocycles. The number of rotatable bonds is 5. The SMILES string of the molecule is CN(C)CCCN1C(=O)c2cc([N+](=O)[O-])ccc2C2(CCCC2)C1=O. The van der Waals surface area contributed by atoms with E-state index < -0.39 is 16.2 Å². The Labute approximate surface area is 146 Å². The first-order valence-electron chi connectivity index (χ1n) is 8.67. The molecule has 3 rings (SSSR count). The predicted molar refractivity (Wildman–Crippen MR) is 92.5 cm³/mol. The molecule has 2 aliphatic rings. The molecule has 134 valence electrons. The Balaban J connectivity index is 2.02. The summed E-state index contributed by atoms with van der Waals surface area (Å²) < 4.78 is 0. The zero-order chi connectivity index (χ0) is 18.2. The van der Waals surface area contributed by atoms with E-state index in [0.717, 1.165) is 19.4 Å². The topological polar surface area (TPSA) is 83.8 Å². The van der Waals surface area contributed by atoms with Gasteiger partial charge in [-0.15, -0.1) is 0 Å². The number of non-ortho nitro benzene ring substituents is 1. The summed E-state index contributed by atoms with van der Waals surface area (Å²) in [6.07, 6.45) is 3.96. The number of hydrogen-bond acceptors (Lipinski definition) is 5. The molecule has 1 heterocycles. The largest absolute Gasteiger partial charge is 0.309 e. The van der Waals surface area contributed by atoms with E-state index in [2.05, 4.69) is 0 Å². The van der Waals surface area contributed by atoms with Gasteiger partial charge in [-0.05, 0) is 45.5 Å². The van der Waals surface area contributed by atoms with Crippen LogP contribution in [0.2, 0.25) is 0 Å². The number of carbonyl (C=O) groups excluding carboxylic acids is 2. The van der Waals surface area contributed by atoms with Crippen LogP contribution in [0.5, 0.6) is 0 Å². The molecule has 1 aliphatic carbocycles. The Hall–Kier alpha value is -2.28. The Morgan fingerprint density at radius 1 is 1.24 bits per heavy atom. The van der Waals surface area contributed by atoms with Crippen molar-refractivity contribution in [3.05, 3.63) is 39.4 Å². The van der Waals surface area contributed by atoms with Gasteiger partial charge in [0.1, 0.15) is 0 Å². The monoisotopic (exact) mass is 345 g/mol. The third-order valence-electron chi connectivity index (χ3n) is 5.30. The zero-order valence-corrected chi connectivity index (χ0v) is 14.7.